The molecular weight excluding hydrogens is 222 g/mol. The van der Waals surface area contributed by atoms with E-state index < -0.39 is 0 Å². The van der Waals surface area contributed by atoms with E-state index >= 15 is 0 Å². The van der Waals surface area contributed by atoms with Crippen molar-refractivity contribution < 1.29 is 0 Å². The van der Waals surface area contributed by atoms with E-state index in [1.54, 1.807) is 0 Å². The minimum Gasteiger partial charge on any atom is -0.361 e. The van der Waals surface area contributed by atoms with Crippen LogP contribution in [0.5, 0.6) is 0 Å². The van der Waals surface area contributed by atoms with Gasteiger partial charge in [-0.1, -0.05) is 18.2 Å². The van der Waals surface area contributed by atoms with Gasteiger partial charge >= 0.3 is 0 Å². The number of nitrogens with one attached hydrogen (secondary N) is 1. The Morgan fingerprint density at radius 2 is 2.11 bits per heavy atom. The highest BCUT2D eigenvalue weighted by Crippen LogP contribution is 2.28. The predicted octanol–water partition coefficient (Wildman–Crippen LogP) is 3.12. The van der Waals surface area contributed by atoms with Gasteiger partial charge in [0, 0.05) is 17.1 Å². The third kappa shape index (κ3) is 2.72. The van der Waals surface area contributed by atoms with Crippen LogP contribution in [0, 0.1) is 11.3 Å². The Labute approximate surface area is 108 Å². The van der Waals surface area contributed by atoms with Crippen molar-refractivity contribution in [2.45, 2.75) is 18.8 Å². The monoisotopic (exact) mass is 241 g/mol. The molecule has 0 bridgehead atoms. The summed E-state index contributed by atoms with van der Waals surface area (Å²) in [5.74, 6) is -0.0129. The second-order valence-corrected chi connectivity index (χ2v) is 4.92. The Bertz CT molecular complexity index is 548. The molecule has 1 heterocycles. The predicted molar refractivity (Wildman–Crippen MR) is 74.4 cm³/mol. The third-order valence-corrected chi connectivity index (χ3v) is 3.25. The van der Waals surface area contributed by atoms with Crippen molar-refractivity contribution in [1.82, 2.24) is 9.88 Å². The molecule has 0 aliphatic rings. The van der Waals surface area contributed by atoms with Gasteiger partial charge in [0.15, 0.2) is 0 Å². The van der Waals surface area contributed by atoms with E-state index in [1.807, 2.05) is 24.4 Å². The molecule has 94 valence electrons. The molecule has 3 heteroatoms. The molecule has 1 N–H and O–H groups in total. The molecule has 1 aromatic heterocycles. The lowest BCUT2D eigenvalue weighted by atomic mass is 9.95. The zero-order valence-electron chi connectivity index (χ0n) is 11.0. The molecule has 0 saturated carbocycles. The van der Waals surface area contributed by atoms with Crippen LogP contribution in [0.2, 0.25) is 0 Å². The fraction of sp³-hybridized carbons (Fsp3) is 0.400. The van der Waals surface area contributed by atoms with Gasteiger partial charge in [-0.25, -0.2) is 0 Å². The summed E-state index contributed by atoms with van der Waals surface area (Å²) in [7, 11) is 4.13. The highest BCUT2D eigenvalue weighted by Gasteiger charge is 2.14. The lowest BCUT2D eigenvalue weighted by Gasteiger charge is -2.11. The van der Waals surface area contributed by atoms with Gasteiger partial charge in [0.25, 0.3) is 0 Å². The molecule has 0 fully saturated rings. The highest BCUT2D eigenvalue weighted by molar-refractivity contribution is 5.83. The maximum Gasteiger partial charge on any atom is 0.0734 e. The number of benzene rings is 1. The summed E-state index contributed by atoms with van der Waals surface area (Å²) in [5.41, 5.74) is 2.24. The van der Waals surface area contributed by atoms with Crippen LogP contribution in [-0.4, -0.2) is 30.5 Å². The first-order valence-corrected chi connectivity index (χ1v) is 6.32. The Hall–Kier alpha value is -1.79. The molecule has 0 spiro atoms. The summed E-state index contributed by atoms with van der Waals surface area (Å²) >= 11 is 0. The van der Waals surface area contributed by atoms with Crippen molar-refractivity contribution in [3.8, 4) is 6.07 Å². The zero-order valence-corrected chi connectivity index (χ0v) is 11.0. The number of rotatable bonds is 5. The molecule has 18 heavy (non-hydrogen) atoms. The second-order valence-electron chi connectivity index (χ2n) is 4.92. The first-order valence-electron chi connectivity index (χ1n) is 6.32. The van der Waals surface area contributed by atoms with Crippen LogP contribution in [0.25, 0.3) is 10.9 Å². The quantitative estimate of drug-likeness (QED) is 0.874. The number of nitrogens with zero attached hydrogens (tertiary/aromatic N) is 2. The lowest BCUT2D eigenvalue weighted by Crippen LogP contribution is -2.13. The zero-order chi connectivity index (χ0) is 13.0. The molecular formula is C15H19N3. The summed E-state index contributed by atoms with van der Waals surface area (Å²) in [5, 5.41) is 10.5. The normalized spacial score (nSPS) is 12.8. The van der Waals surface area contributed by atoms with Gasteiger partial charge in [0.2, 0.25) is 0 Å². The first kappa shape index (κ1) is 12.7. The number of nitriles is 1. The lowest BCUT2D eigenvalue weighted by molar-refractivity contribution is 0.391. The van der Waals surface area contributed by atoms with Gasteiger partial charge < -0.3 is 9.88 Å². The molecule has 0 saturated heterocycles. The molecule has 1 aromatic carbocycles. The van der Waals surface area contributed by atoms with E-state index in [-0.39, 0.29) is 5.92 Å². The number of hydrogen-bond donors (Lipinski definition) is 1. The van der Waals surface area contributed by atoms with Crippen molar-refractivity contribution >= 4 is 10.9 Å². The summed E-state index contributed by atoms with van der Waals surface area (Å²) in [6.45, 7) is 1.03. The van der Waals surface area contributed by atoms with Gasteiger partial charge in [0.1, 0.15) is 0 Å². The maximum absolute atomic E-state index is 9.35. The summed E-state index contributed by atoms with van der Waals surface area (Å²) < 4.78 is 0. The van der Waals surface area contributed by atoms with Crippen LogP contribution in [0.1, 0.15) is 24.3 Å². The van der Waals surface area contributed by atoms with Gasteiger partial charge in [-0.05, 0) is 45.1 Å². The Morgan fingerprint density at radius 3 is 2.83 bits per heavy atom. The summed E-state index contributed by atoms with van der Waals surface area (Å²) in [6, 6.07) is 10.6. The molecule has 0 radical (unpaired) electrons. The third-order valence-electron chi connectivity index (χ3n) is 3.25. The summed E-state index contributed by atoms with van der Waals surface area (Å²) in [6.07, 6.45) is 3.94. The fourth-order valence-electron chi connectivity index (χ4n) is 2.28. The van der Waals surface area contributed by atoms with Crippen molar-refractivity contribution in [1.29, 1.82) is 5.26 Å². The smallest absolute Gasteiger partial charge is 0.0734 e. The van der Waals surface area contributed by atoms with E-state index in [0.717, 1.165) is 30.5 Å². The largest absolute Gasteiger partial charge is 0.361 e. The number of hydrogen-bond acceptors (Lipinski definition) is 2. The molecule has 2 rings (SSSR count). The molecule has 2 aromatic rings. The van der Waals surface area contributed by atoms with E-state index in [1.165, 1.54) is 5.39 Å². The van der Waals surface area contributed by atoms with Crippen molar-refractivity contribution in [3.63, 3.8) is 0 Å². The van der Waals surface area contributed by atoms with Crippen LogP contribution < -0.4 is 0 Å². The van der Waals surface area contributed by atoms with Crippen LogP contribution in [0.15, 0.2) is 30.5 Å². The van der Waals surface area contributed by atoms with Crippen molar-refractivity contribution in [2.75, 3.05) is 20.6 Å². The van der Waals surface area contributed by atoms with Crippen LogP contribution >= 0.6 is 0 Å². The Balaban J connectivity index is 2.15. The Morgan fingerprint density at radius 1 is 1.33 bits per heavy atom. The molecule has 0 aliphatic heterocycles. The standard InChI is InChI=1S/C15H19N3/c1-18(2)9-5-6-12(10-16)14-11-17-15-8-4-3-7-13(14)15/h3-4,7-8,11-12,17H,5-6,9H2,1-2H3. The van der Waals surface area contributed by atoms with Gasteiger partial charge in [-0.2, -0.15) is 5.26 Å². The molecule has 1 unspecified atom stereocenters. The maximum atomic E-state index is 9.35. The average molecular weight is 241 g/mol. The highest BCUT2D eigenvalue weighted by atomic mass is 15.0. The van der Waals surface area contributed by atoms with Gasteiger partial charge in [0.05, 0.1) is 12.0 Å². The number of aromatic amines is 1. The average Bonchev–Trinajstić information content (AvgIpc) is 2.78. The molecule has 0 amide bonds. The number of fused-ring (bicyclic) bond motifs is 1. The number of aromatic nitrogens is 1. The van der Waals surface area contributed by atoms with Gasteiger partial charge in [-0.3, -0.25) is 0 Å². The number of H-pyrrole nitrogens is 1. The van der Waals surface area contributed by atoms with E-state index in [0.29, 0.717) is 0 Å². The number of para-hydroxylation sites is 1. The van der Waals surface area contributed by atoms with Crippen LogP contribution in [0.4, 0.5) is 0 Å². The minimum absolute atomic E-state index is 0.0129. The van der Waals surface area contributed by atoms with E-state index in [9.17, 15) is 5.26 Å². The van der Waals surface area contributed by atoms with Crippen molar-refractivity contribution in [3.05, 3.63) is 36.0 Å². The first-order chi connectivity index (χ1) is 8.72. The molecule has 3 nitrogen and oxygen atoms in total. The summed E-state index contributed by atoms with van der Waals surface area (Å²) in [4.78, 5) is 5.40. The SMILES string of the molecule is CN(C)CCCC(C#N)c1c[nH]c2ccccc12. The van der Waals surface area contributed by atoms with E-state index in [4.69, 9.17) is 0 Å². The minimum atomic E-state index is -0.0129. The second kappa shape index (κ2) is 5.70. The fourth-order valence-corrected chi connectivity index (χ4v) is 2.28. The van der Waals surface area contributed by atoms with Crippen LogP contribution in [-0.2, 0) is 0 Å². The van der Waals surface area contributed by atoms with E-state index in [2.05, 4.69) is 36.1 Å². The molecule has 1 atom stereocenters. The van der Waals surface area contributed by atoms with Crippen molar-refractivity contribution in [2.24, 2.45) is 0 Å². The topological polar surface area (TPSA) is 42.8 Å². The van der Waals surface area contributed by atoms with Crippen LogP contribution in [0.3, 0.4) is 0 Å². The van der Waals surface area contributed by atoms with Gasteiger partial charge in [-0.15, -0.1) is 0 Å². The molecule has 0 aliphatic carbocycles. The Kier molecular flexibility index (Phi) is 4.01.